The number of aliphatic hydroxyl groups is 2. The lowest BCUT2D eigenvalue weighted by atomic mass is 10.0. The summed E-state index contributed by atoms with van der Waals surface area (Å²) in [5.74, 6) is -0.0225. The molecule has 0 spiro atoms. The number of carbonyl (C=O) groups excluding carboxylic acids is 1. The van der Waals surface area contributed by atoms with Gasteiger partial charge in [-0.15, -0.1) is 0 Å². The Morgan fingerprint density at radius 1 is 0.324 bits per heavy atom. The lowest BCUT2D eigenvalue weighted by molar-refractivity contribution is -0.123. The van der Waals surface area contributed by atoms with E-state index in [0.29, 0.717) is 12.8 Å². The average Bonchev–Trinajstić information content (AvgIpc) is 3.40. The van der Waals surface area contributed by atoms with Crippen LogP contribution in [0.25, 0.3) is 0 Å². The maximum absolute atomic E-state index is 12.5. The van der Waals surface area contributed by atoms with E-state index in [1.165, 1.54) is 321 Å². The Labute approximate surface area is 465 Å². The van der Waals surface area contributed by atoms with Crippen LogP contribution in [0, 0.1) is 0 Å². The molecule has 1 amide bonds. The second kappa shape index (κ2) is 65.9. The number of rotatable bonds is 64. The highest BCUT2D eigenvalue weighted by Crippen LogP contribution is 2.19. The fourth-order valence-corrected chi connectivity index (χ4v) is 11.0. The molecule has 0 aromatic carbocycles. The van der Waals surface area contributed by atoms with Gasteiger partial charge in [0.05, 0.1) is 18.8 Å². The molecule has 2 atom stereocenters. The van der Waals surface area contributed by atoms with Crippen molar-refractivity contribution in [1.82, 2.24) is 5.32 Å². The number of unbranched alkanes of at least 4 members (excludes halogenated alkanes) is 51. The largest absolute Gasteiger partial charge is 0.394 e. The number of aliphatic hydroxyl groups excluding tert-OH is 2. The number of hydrogen-bond donors (Lipinski definition) is 3. The quantitative estimate of drug-likeness (QED) is 0.0420. The Morgan fingerprint density at radius 2 is 0.554 bits per heavy atom. The van der Waals surface area contributed by atoms with Gasteiger partial charge in [-0.05, 0) is 51.4 Å². The number of hydrogen-bond acceptors (Lipinski definition) is 3. The summed E-state index contributed by atoms with van der Waals surface area (Å²) < 4.78 is 0. The number of nitrogens with one attached hydrogen (secondary N) is 1. The standard InChI is InChI=1S/C70H135NO3/c1-3-5-7-9-11-13-15-17-19-21-23-25-27-28-29-30-31-32-33-34-35-36-37-38-39-40-41-42-44-46-48-50-52-54-56-58-60-62-64-66-70(74)71-68(67-72)69(73)65-63-61-59-57-55-53-51-49-47-45-43-26-24-22-20-18-16-14-12-10-8-6-4-2/h15,17,21,23,27-28,68-69,72-73H,3-14,16,18-20,22,24-26,29-67H2,1-2H3,(H,71,74)/b17-15-,23-21-,28-27-. The highest BCUT2D eigenvalue weighted by atomic mass is 16.3. The van der Waals surface area contributed by atoms with E-state index >= 15 is 0 Å². The molecule has 0 saturated carbocycles. The molecule has 4 heteroatoms. The van der Waals surface area contributed by atoms with Gasteiger partial charge in [0, 0.05) is 6.42 Å². The minimum Gasteiger partial charge on any atom is -0.394 e. The van der Waals surface area contributed by atoms with Crippen molar-refractivity contribution in [2.75, 3.05) is 6.61 Å². The summed E-state index contributed by atoms with van der Waals surface area (Å²) in [6, 6.07) is -0.535. The van der Waals surface area contributed by atoms with Crippen molar-refractivity contribution in [2.24, 2.45) is 0 Å². The number of amides is 1. The van der Waals surface area contributed by atoms with Gasteiger partial charge in [0.25, 0.3) is 0 Å². The van der Waals surface area contributed by atoms with Crippen LogP contribution in [-0.4, -0.2) is 34.9 Å². The Morgan fingerprint density at radius 3 is 0.824 bits per heavy atom. The molecule has 74 heavy (non-hydrogen) atoms. The van der Waals surface area contributed by atoms with Crippen molar-refractivity contribution in [3.05, 3.63) is 36.5 Å². The molecular formula is C70H135NO3. The van der Waals surface area contributed by atoms with Crippen molar-refractivity contribution in [1.29, 1.82) is 0 Å². The minimum absolute atomic E-state index is 0.0225. The van der Waals surface area contributed by atoms with E-state index in [1.807, 2.05) is 0 Å². The first-order valence-electron chi connectivity index (χ1n) is 34.2. The normalized spacial score (nSPS) is 12.9. The molecule has 3 N–H and O–H groups in total. The monoisotopic (exact) mass is 1040 g/mol. The number of carbonyl (C=O) groups is 1. The Bertz CT molecular complexity index is 1130. The van der Waals surface area contributed by atoms with Crippen LogP contribution in [-0.2, 0) is 4.79 Å². The predicted octanol–water partition coefficient (Wildman–Crippen LogP) is 23.2. The Balaban J connectivity index is 3.38. The topological polar surface area (TPSA) is 69.6 Å². The van der Waals surface area contributed by atoms with E-state index in [9.17, 15) is 15.0 Å². The zero-order valence-corrected chi connectivity index (χ0v) is 50.6. The van der Waals surface area contributed by atoms with Gasteiger partial charge in [-0.1, -0.05) is 365 Å². The number of allylic oxidation sites excluding steroid dienone is 6. The van der Waals surface area contributed by atoms with Gasteiger partial charge in [-0.3, -0.25) is 4.79 Å². The van der Waals surface area contributed by atoms with E-state index in [4.69, 9.17) is 0 Å². The van der Waals surface area contributed by atoms with Crippen molar-refractivity contribution in [3.8, 4) is 0 Å². The molecule has 0 rings (SSSR count). The van der Waals surface area contributed by atoms with Crippen LogP contribution in [0.3, 0.4) is 0 Å². The minimum atomic E-state index is -0.659. The lowest BCUT2D eigenvalue weighted by Crippen LogP contribution is -2.45. The summed E-state index contributed by atoms with van der Waals surface area (Å²) in [7, 11) is 0. The Hall–Kier alpha value is -1.39. The first-order valence-corrected chi connectivity index (χ1v) is 34.2. The van der Waals surface area contributed by atoms with Crippen molar-refractivity contribution in [2.45, 2.75) is 398 Å². The lowest BCUT2D eigenvalue weighted by Gasteiger charge is -2.22. The second-order valence-electron chi connectivity index (χ2n) is 23.6. The van der Waals surface area contributed by atoms with E-state index in [2.05, 4.69) is 55.6 Å². The van der Waals surface area contributed by atoms with Crippen LogP contribution < -0.4 is 5.32 Å². The molecular weight excluding hydrogens is 903 g/mol. The van der Waals surface area contributed by atoms with Gasteiger partial charge in [0.2, 0.25) is 5.91 Å². The summed E-state index contributed by atoms with van der Waals surface area (Å²) in [4.78, 5) is 12.5. The first-order chi connectivity index (χ1) is 36.7. The van der Waals surface area contributed by atoms with E-state index in [0.717, 1.165) is 38.5 Å². The molecule has 0 aromatic rings. The van der Waals surface area contributed by atoms with E-state index in [-0.39, 0.29) is 12.5 Å². The maximum Gasteiger partial charge on any atom is 0.220 e. The Kier molecular flexibility index (Phi) is 64.7. The third kappa shape index (κ3) is 61.5. The van der Waals surface area contributed by atoms with Gasteiger partial charge in [0.1, 0.15) is 0 Å². The zero-order chi connectivity index (χ0) is 53.4. The van der Waals surface area contributed by atoms with Crippen LogP contribution in [0.2, 0.25) is 0 Å². The fourth-order valence-electron chi connectivity index (χ4n) is 11.0. The molecule has 0 heterocycles. The smallest absolute Gasteiger partial charge is 0.220 e. The molecule has 0 fully saturated rings. The molecule has 2 unspecified atom stereocenters. The zero-order valence-electron chi connectivity index (χ0n) is 50.6. The fraction of sp³-hybridized carbons (Fsp3) is 0.900. The summed E-state index contributed by atoms with van der Waals surface area (Å²) in [6.45, 7) is 4.39. The predicted molar refractivity (Wildman–Crippen MR) is 332 cm³/mol. The van der Waals surface area contributed by atoms with Crippen LogP contribution in [0.15, 0.2) is 36.5 Å². The van der Waals surface area contributed by atoms with Crippen LogP contribution in [0.5, 0.6) is 0 Å². The van der Waals surface area contributed by atoms with Gasteiger partial charge in [0.15, 0.2) is 0 Å². The third-order valence-electron chi connectivity index (χ3n) is 16.2. The molecule has 0 aliphatic carbocycles. The molecule has 0 saturated heterocycles. The molecule has 0 aliphatic heterocycles. The summed E-state index contributed by atoms with van der Waals surface area (Å²) >= 11 is 0. The molecule has 0 radical (unpaired) electrons. The highest BCUT2D eigenvalue weighted by molar-refractivity contribution is 5.76. The molecule has 0 bridgehead atoms. The SMILES string of the molecule is CCCCCCC/C=C\C/C=C\C/C=C\CCCCCCCCCCCCCCCCCCCCCCCCCCC(=O)NC(CO)C(O)CCCCCCCCCCCCCCCCCCCCCCCCC. The van der Waals surface area contributed by atoms with E-state index in [1.54, 1.807) is 0 Å². The molecule has 0 aromatic heterocycles. The highest BCUT2D eigenvalue weighted by Gasteiger charge is 2.20. The van der Waals surface area contributed by atoms with Gasteiger partial charge >= 0.3 is 0 Å². The molecule has 438 valence electrons. The summed E-state index contributed by atoms with van der Waals surface area (Å²) in [6.07, 6.45) is 90.5. The summed E-state index contributed by atoms with van der Waals surface area (Å²) in [5.41, 5.74) is 0. The van der Waals surface area contributed by atoms with Crippen LogP contribution >= 0.6 is 0 Å². The average molecular weight is 1040 g/mol. The van der Waals surface area contributed by atoms with Gasteiger partial charge in [-0.2, -0.15) is 0 Å². The van der Waals surface area contributed by atoms with Crippen molar-refractivity contribution in [3.63, 3.8) is 0 Å². The molecule has 4 nitrogen and oxygen atoms in total. The third-order valence-corrected chi connectivity index (χ3v) is 16.2. The van der Waals surface area contributed by atoms with Crippen LogP contribution in [0.1, 0.15) is 386 Å². The van der Waals surface area contributed by atoms with Gasteiger partial charge in [-0.25, -0.2) is 0 Å². The van der Waals surface area contributed by atoms with Gasteiger partial charge < -0.3 is 15.5 Å². The second-order valence-corrected chi connectivity index (χ2v) is 23.6. The molecule has 0 aliphatic rings. The first kappa shape index (κ1) is 72.6. The van der Waals surface area contributed by atoms with Crippen LogP contribution in [0.4, 0.5) is 0 Å². The van der Waals surface area contributed by atoms with Crippen molar-refractivity contribution < 1.29 is 15.0 Å². The summed E-state index contributed by atoms with van der Waals surface area (Å²) in [5, 5.41) is 23.4. The van der Waals surface area contributed by atoms with E-state index < -0.39 is 12.1 Å². The van der Waals surface area contributed by atoms with Crippen molar-refractivity contribution >= 4 is 5.91 Å². The maximum atomic E-state index is 12.5.